The number of nitrogens with zero attached hydrogens (tertiary/aromatic N) is 2. The number of hydrogen-bond acceptors (Lipinski definition) is 3. The van der Waals surface area contributed by atoms with Crippen LogP contribution in [0.1, 0.15) is 13.8 Å². The number of aromatic amines is 1. The maximum Gasteiger partial charge on any atom is 0.178 e. The summed E-state index contributed by atoms with van der Waals surface area (Å²) >= 11 is 5.32. The molecule has 0 atom stereocenters. The number of methoxy groups -OCH3 is 1. The summed E-state index contributed by atoms with van der Waals surface area (Å²) < 4.78 is 21.3. The van der Waals surface area contributed by atoms with Crippen LogP contribution < -0.4 is 4.74 Å². The lowest BCUT2D eigenvalue weighted by Crippen LogP contribution is -2.29. The molecule has 0 radical (unpaired) electrons. The number of ether oxygens (including phenoxy) is 1. The average molecular weight is 297 g/mol. The van der Waals surface area contributed by atoms with Crippen molar-refractivity contribution in [3.05, 3.63) is 22.7 Å². The van der Waals surface area contributed by atoms with E-state index in [0.717, 1.165) is 18.6 Å². The molecule has 4 nitrogen and oxygen atoms in total. The van der Waals surface area contributed by atoms with Crippen LogP contribution in [0.15, 0.2) is 12.1 Å². The zero-order valence-corrected chi connectivity index (χ0v) is 13.1. The van der Waals surface area contributed by atoms with Gasteiger partial charge in [0.25, 0.3) is 0 Å². The lowest BCUT2D eigenvalue weighted by Gasteiger charge is -2.21. The van der Waals surface area contributed by atoms with Crippen LogP contribution in [0.3, 0.4) is 0 Å². The summed E-state index contributed by atoms with van der Waals surface area (Å²) in [7, 11) is 3.53. The number of hydrogen-bond donors (Lipinski definition) is 1. The summed E-state index contributed by atoms with van der Waals surface area (Å²) in [6, 6.07) is 3.58. The van der Waals surface area contributed by atoms with Crippen LogP contribution in [-0.2, 0) is 6.54 Å². The van der Waals surface area contributed by atoms with Crippen LogP contribution in [0.2, 0.25) is 0 Å². The Morgan fingerprint density at radius 3 is 2.75 bits per heavy atom. The first-order chi connectivity index (χ1) is 9.43. The predicted octanol–water partition coefficient (Wildman–Crippen LogP) is 3.19. The molecule has 1 aromatic heterocycles. The van der Waals surface area contributed by atoms with Crippen molar-refractivity contribution in [2.45, 2.75) is 26.4 Å². The normalized spacial score (nSPS) is 11.8. The SMILES string of the molecule is COc1cc2c(cc1F)[nH]c(=S)n2CCN(C)C(C)C. The third-order valence-electron chi connectivity index (χ3n) is 3.61. The zero-order valence-electron chi connectivity index (χ0n) is 12.2. The van der Waals surface area contributed by atoms with Crippen molar-refractivity contribution in [2.75, 3.05) is 20.7 Å². The average Bonchev–Trinajstić information content (AvgIpc) is 2.69. The van der Waals surface area contributed by atoms with Crippen LogP contribution in [0.4, 0.5) is 4.39 Å². The number of nitrogens with one attached hydrogen (secondary N) is 1. The summed E-state index contributed by atoms with van der Waals surface area (Å²) in [4.78, 5) is 5.27. The third kappa shape index (κ3) is 2.86. The van der Waals surface area contributed by atoms with E-state index >= 15 is 0 Å². The first-order valence-corrected chi connectivity index (χ1v) is 7.01. The molecule has 0 saturated heterocycles. The molecule has 6 heteroatoms. The second-order valence-electron chi connectivity index (χ2n) is 5.16. The molecule has 1 heterocycles. The Labute approximate surface area is 123 Å². The highest BCUT2D eigenvalue weighted by atomic mass is 32.1. The second kappa shape index (κ2) is 5.93. The van der Waals surface area contributed by atoms with Crippen molar-refractivity contribution >= 4 is 23.3 Å². The van der Waals surface area contributed by atoms with E-state index < -0.39 is 0 Å². The van der Waals surface area contributed by atoms with E-state index in [-0.39, 0.29) is 11.6 Å². The standard InChI is InChI=1S/C14H20FN3OS/c1-9(2)17(3)5-6-18-12-8-13(19-4)10(15)7-11(12)16-14(18)20/h7-9H,5-6H2,1-4H3,(H,16,20). The molecule has 0 bridgehead atoms. The number of imidazole rings is 1. The predicted molar refractivity (Wildman–Crippen MR) is 81.4 cm³/mol. The van der Waals surface area contributed by atoms with Gasteiger partial charge in [-0.25, -0.2) is 4.39 Å². The lowest BCUT2D eigenvalue weighted by molar-refractivity contribution is 0.263. The minimum Gasteiger partial charge on any atom is -0.494 e. The van der Waals surface area contributed by atoms with Crippen molar-refractivity contribution in [3.63, 3.8) is 0 Å². The van der Waals surface area contributed by atoms with E-state index in [0.29, 0.717) is 16.3 Å². The highest BCUT2D eigenvalue weighted by molar-refractivity contribution is 7.71. The maximum absolute atomic E-state index is 13.7. The summed E-state index contributed by atoms with van der Waals surface area (Å²) in [6.45, 7) is 5.92. The Balaban J connectivity index is 2.37. The highest BCUT2D eigenvalue weighted by Gasteiger charge is 2.11. The van der Waals surface area contributed by atoms with E-state index in [9.17, 15) is 4.39 Å². The number of aromatic nitrogens is 2. The van der Waals surface area contributed by atoms with E-state index in [1.54, 1.807) is 6.07 Å². The molecular weight excluding hydrogens is 277 g/mol. The van der Waals surface area contributed by atoms with Crippen molar-refractivity contribution in [3.8, 4) is 5.75 Å². The van der Waals surface area contributed by atoms with E-state index in [1.165, 1.54) is 13.2 Å². The lowest BCUT2D eigenvalue weighted by atomic mass is 10.3. The molecule has 0 amide bonds. The summed E-state index contributed by atoms with van der Waals surface area (Å²) in [5, 5.41) is 0. The highest BCUT2D eigenvalue weighted by Crippen LogP contribution is 2.24. The van der Waals surface area contributed by atoms with Gasteiger partial charge in [0.1, 0.15) is 0 Å². The molecule has 0 fully saturated rings. The van der Waals surface area contributed by atoms with Crippen LogP contribution in [-0.4, -0.2) is 41.2 Å². The number of fused-ring (bicyclic) bond motifs is 1. The molecule has 0 saturated carbocycles. The fourth-order valence-corrected chi connectivity index (χ4v) is 2.35. The summed E-state index contributed by atoms with van der Waals surface area (Å²) in [6.07, 6.45) is 0. The molecule has 0 aliphatic rings. The number of halogens is 1. The maximum atomic E-state index is 13.7. The van der Waals surface area contributed by atoms with Gasteiger partial charge >= 0.3 is 0 Å². The molecule has 2 aromatic rings. The first kappa shape index (κ1) is 15.0. The fraction of sp³-hybridized carbons (Fsp3) is 0.500. The molecule has 0 aliphatic heterocycles. The van der Waals surface area contributed by atoms with Crippen LogP contribution >= 0.6 is 12.2 Å². The van der Waals surface area contributed by atoms with Gasteiger partial charge in [-0.1, -0.05) is 0 Å². The van der Waals surface area contributed by atoms with Crippen molar-refractivity contribution in [1.82, 2.24) is 14.5 Å². The first-order valence-electron chi connectivity index (χ1n) is 6.60. The van der Waals surface area contributed by atoms with Crippen molar-refractivity contribution in [2.24, 2.45) is 0 Å². The fourth-order valence-electron chi connectivity index (χ4n) is 2.05. The number of benzene rings is 1. The largest absolute Gasteiger partial charge is 0.494 e. The Morgan fingerprint density at radius 1 is 1.45 bits per heavy atom. The van der Waals surface area contributed by atoms with E-state index in [1.807, 2.05) is 4.57 Å². The Hall–Kier alpha value is -1.40. The summed E-state index contributed by atoms with van der Waals surface area (Å²) in [5.41, 5.74) is 1.56. The van der Waals surface area contributed by atoms with E-state index in [4.69, 9.17) is 17.0 Å². The minimum absolute atomic E-state index is 0.234. The van der Waals surface area contributed by atoms with Gasteiger partial charge in [-0.05, 0) is 33.1 Å². The van der Waals surface area contributed by atoms with Gasteiger partial charge in [0, 0.05) is 31.3 Å². The van der Waals surface area contributed by atoms with Gasteiger partial charge in [0.2, 0.25) is 0 Å². The molecule has 0 spiro atoms. The molecule has 1 N–H and O–H groups in total. The van der Waals surface area contributed by atoms with Gasteiger partial charge in [-0.15, -0.1) is 0 Å². The van der Waals surface area contributed by atoms with E-state index in [2.05, 4.69) is 30.8 Å². The molecule has 0 unspecified atom stereocenters. The number of rotatable bonds is 5. The third-order valence-corrected chi connectivity index (χ3v) is 3.93. The molecule has 1 aromatic carbocycles. The summed E-state index contributed by atoms with van der Waals surface area (Å²) in [5.74, 6) is -0.153. The van der Waals surface area contributed by atoms with Crippen LogP contribution in [0, 0.1) is 10.6 Å². The van der Waals surface area contributed by atoms with Crippen LogP contribution in [0.25, 0.3) is 11.0 Å². The minimum atomic E-state index is -0.386. The van der Waals surface area contributed by atoms with Gasteiger partial charge in [0.15, 0.2) is 16.3 Å². The Morgan fingerprint density at radius 2 is 2.15 bits per heavy atom. The van der Waals surface area contributed by atoms with Gasteiger partial charge in [-0.2, -0.15) is 0 Å². The Bertz CT molecular complexity index is 662. The molecule has 0 aliphatic carbocycles. The van der Waals surface area contributed by atoms with Crippen molar-refractivity contribution in [1.29, 1.82) is 0 Å². The number of H-pyrrole nitrogens is 1. The Kier molecular flexibility index (Phi) is 4.45. The topological polar surface area (TPSA) is 33.2 Å². The molecule has 2 rings (SSSR count). The quantitative estimate of drug-likeness (QED) is 0.861. The number of likely N-dealkylation sites (N-methyl/N-ethyl adjacent to an activating group) is 1. The van der Waals surface area contributed by atoms with Gasteiger partial charge in [0.05, 0.1) is 18.1 Å². The molecule has 20 heavy (non-hydrogen) atoms. The second-order valence-corrected chi connectivity index (χ2v) is 5.55. The molecular formula is C14H20FN3OS. The monoisotopic (exact) mass is 297 g/mol. The van der Waals surface area contributed by atoms with Gasteiger partial charge in [-0.3, -0.25) is 0 Å². The molecule has 110 valence electrons. The zero-order chi connectivity index (χ0) is 14.9. The van der Waals surface area contributed by atoms with Crippen LogP contribution in [0.5, 0.6) is 5.75 Å². The smallest absolute Gasteiger partial charge is 0.178 e. The van der Waals surface area contributed by atoms with Crippen molar-refractivity contribution < 1.29 is 9.13 Å². The van der Waals surface area contributed by atoms with Gasteiger partial charge < -0.3 is 19.2 Å².